The van der Waals surface area contributed by atoms with Crippen molar-refractivity contribution in [2.24, 2.45) is 5.10 Å². The summed E-state index contributed by atoms with van der Waals surface area (Å²) in [5.74, 6) is 0.635. The van der Waals surface area contributed by atoms with Gasteiger partial charge < -0.3 is 5.32 Å². The molecule has 2 aromatic rings. The van der Waals surface area contributed by atoms with E-state index in [9.17, 15) is 0 Å². The Morgan fingerprint density at radius 1 is 1.15 bits per heavy atom. The van der Waals surface area contributed by atoms with Crippen molar-refractivity contribution in [1.82, 2.24) is 10.4 Å². The number of nitrogens with one attached hydrogen (secondary N) is 2. The SMILES string of the molecule is S=C(N/N=C/c1c(Cl)cccc1Cl)Nc1ccccn1. The summed E-state index contributed by atoms with van der Waals surface area (Å²) in [6, 6.07) is 10.7. The zero-order valence-corrected chi connectivity index (χ0v) is 12.5. The van der Waals surface area contributed by atoms with E-state index in [-0.39, 0.29) is 0 Å². The number of hydrogen-bond donors (Lipinski definition) is 2. The van der Waals surface area contributed by atoms with Gasteiger partial charge in [0.2, 0.25) is 0 Å². The molecule has 0 aliphatic carbocycles. The van der Waals surface area contributed by atoms with Crippen molar-refractivity contribution in [3.05, 3.63) is 58.2 Å². The molecule has 0 spiro atoms. The summed E-state index contributed by atoms with van der Waals surface area (Å²) in [6.07, 6.45) is 3.18. The first-order chi connectivity index (χ1) is 9.66. The van der Waals surface area contributed by atoms with Crippen molar-refractivity contribution in [3.63, 3.8) is 0 Å². The Labute approximate surface area is 131 Å². The highest BCUT2D eigenvalue weighted by Gasteiger charge is 2.02. The van der Waals surface area contributed by atoms with Crippen LogP contribution in [-0.4, -0.2) is 16.3 Å². The maximum absolute atomic E-state index is 6.01. The van der Waals surface area contributed by atoms with Gasteiger partial charge in [0, 0.05) is 11.8 Å². The molecule has 0 aliphatic heterocycles. The number of benzene rings is 1. The van der Waals surface area contributed by atoms with Crippen molar-refractivity contribution >= 4 is 52.6 Å². The van der Waals surface area contributed by atoms with Crippen LogP contribution in [-0.2, 0) is 0 Å². The average Bonchev–Trinajstić information content (AvgIpc) is 2.43. The number of thiocarbonyl (C=S) groups is 1. The fourth-order valence-electron chi connectivity index (χ4n) is 1.37. The van der Waals surface area contributed by atoms with Crippen LogP contribution in [0.5, 0.6) is 0 Å². The van der Waals surface area contributed by atoms with Crippen LogP contribution in [0.15, 0.2) is 47.7 Å². The average molecular weight is 325 g/mol. The summed E-state index contributed by atoms with van der Waals surface area (Å²) < 4.78 is 0. The molecule has 1 aromatic carbocycles. The number of aromatic nitrogens is 1. The zero-order valence-electron chi connectivity index (χ0n) is 10.2. The van der Waals surface area contributed by atoms with E-state index in [1.165, 1.54) is 6.21 Å². The molecule has 0 atom stereocenters. The molecule has 0 radical (unpaired) electrons. The highest BCUT2D eigenvalue weighted by Crippen LogP contribution is 2.21. The van der Waals surface area contributed by atoms with Gasteiger partial charge in [0.05, 0.1) is 16.3 Å². The molecule has 4 nitrogen and oxygen atoms in total. The van der Waals surface area contributed by atoms with Crippen LogP contribution in [0.4, 0.5) is 5.82 Å². The van der Waals surface area contributed by atoms with Crippen LogP contribution >= 0.6 is 35.4 Å². The lowest BCUT2D eigenvalue weighted by Gasteiger charge is -2.05. The predicted molar refractivity (Wildman–Crippen MR) is 87.6 cm³/mol. The standard InChI is InChI=1S/C13H10Cl2N4S/c14-10-4-3-5-11(15)9(10)8-17-19-13(20)18-12-6-1-2-7-16-12/h1-8H,(H2,16,18,19,20)/b17-8+. The van der Waals surface area contributed by atoms with Crippen LogP contribution in [0.3, 0.4) is 0 Å². The van der Waals surface area contributed by atoms with Crippen molar-refractivity contribution in [3.8, 4) is 0 Å². The topological polar surface area (TPSA) is 49.3 Å². The lowest BCUT2D eigenvalue weighted by molar-refractivity contribution is 1.05. The molecule has 2 N–H and O–H groups in total. The molecule has 0 saturated heterocycles. The first-order valence-corrected chi connectivity index (χ1v) is 6.78. The van der Waals surface area contributed by atoms with E-state index in [1.807, 2.05) is 12.1 Å². The van der Waals surface area contributed by atoms with Gasteiger partial charge in [-0.2, -0.15) is 5.10 Å². The number of hydrazone groups is 1. The molecule has 0 unspecified atom stereocenters. The lowest BCUT2D eigenvalue weighted by Crippen LogP contribution is -2.24. The summed E-state index contributed by atoms with van der Waals surface area (Å²) in [4.78, 5) is 4.08. The van der Waals surface area contributed by atoms with E-state index in [2.05, 4.69) is 20.8 Å². The zero-order chi connectivity index (χ0) is 14.4. The largest absolute Gasteiger partial charge is 0.316 e. The Kier molecular flexibility index (Phi) is 5.29. The van der Waals surface area contributed by atoms with Gasteiger partial charge in [0.25, 0.3) is 0 Å². The van der Waals surface area contributed by atoms with Crippen molar-refractivity contribution in [2.75, 3.05) is 5.32 Å². The number of nitrogens with zero attached hydrogens (tertiary/aromatic N) is 2. The van der Waals surface area contributed by atoms with Gasteiger partial charge in [0.1, 0.15) is 5.82 Å². The second-order valence-corrected chi connectivity index (χ2v) is 4.90. The summed E-state index contributed by atoms with van der Waals surface area (Å²) in [5, 5.41) is 8.23. The van der Waals surface area contributed by atoms with Crippen LogP contribution in [0, 0.1) is 0 Å². The van der Waals surface area contributed by atoms with E-state index in [1.54, 1.807) is 30.5 Å². The summed E-state index contributed by atoms with van der Waals surface area (Å²) in [5.41, 5.74) is 3.30. The minimum absolute atomic E-state index is 0.322. The van der Waals surface area contributed by atoms with Crippen LogP contribution in [0.1, 0.15) is 5.56 Å². The quantitative estimate of drug-likeness (QED) is 0.513. The number of halogens is 2. The molecular formula is C13H10Cl2N4S. The molecule has 0 fully saturated rings. The molecular weight excluding hydrogens is 315 g/mol. The van der Waals surface area contributed by atoms with Crippen LogP contribution in [0.2, 0.25) is 10.0 Å². The normalized spacial score (nSPS) is 10.5. The van der Waals surface area contributed by atoms with Crippen molar-refractivity contribution in [1.29, 1.82) is 0 Å². The Balaban J connectivity index is 1.95. The summed E-state index contributed by atoms with van der Waals surface area (Å²) in [6.45, 7) is 0. The van der Waals surface area contributed by atoms with Gasteiger partial charge in [-0.05, 0) is 36.5 Å². The van der Waals surface area contributed by atoms with E-state index in [0.29, 0.717) is 26.5 Å². The van der Waals surface area contributed by atoms with Gasteiger partial charge in [-0.15, -0.1) is 0 Å². The fraction of sp³-hybridized carbons (Fsp3) is 0. The van der Waals surface area contributed by atoms with Gasteiger partial charge in [-0.25, -0.2) is 4.98 Å². The smallest absolute Gasteiger partial charge is 0.192 e. The second-order valence-electron chi connectivity index (χ2n) is 3.67. The van der Waals surface area contributed by atoms with Gasteiger partial charge in [-0.1, -0.05) is 35.3 Å². The maximum Gasteiger partial charge on any atom is 0.192 e. The third-order valence-electron chi connectivity index (χ3n) is 2.27. The molecule has 1 aromatic heterocycles. The minimum atomic E-state index is 0.322. The Morgan fingerprint density at radius 3 is 2.55 bits per heavy atom. The highest BCUT2D eigenvalue weighted by molar-refractivity contribution is 7.80. The lowest BCUT2D eigenvalue weighted by atomic mass is 10.2. The maximum atomic E-state index is 6.01. The van der Waals surface area contributed by atoms with Crippen LogP contribution in [0.25, 0.3) is 0 Å². The van der Waals surface area contributed by atoms with E-state index in [4.69, 9.17) is 35.4 Å². The Hall–Kier alpha value is -1.69. The molecule has 0 saturated carbocycles. The van der Waals surface area contributed by atoms with Crippen molar-refractivity contribution in [2.45, 2.75) is 0 Å². The molecule has 102 valence electrons. The summed E-state index contributed by atoms with van der Waals surface area (Å²) in [7, 11) is 0. The van der Waals surface area contributed by atoms with Gasteiger partial charge in [-0.3, -0.25) is 5.43 Å². The number of rotatable bonds is 3. The molecule has 1 heterocycles. The number of hydrogen-bond acceptors (Lipinski definition) is 3. The minimum Gasteiger partial charge on any atom is -0.316 e. The molecule has 0 amide bonds. The first-order valence-electron chi connectivity index (χ1n) is 5.62. The Morgan fingerprint density at radius 2 is 1.90 bits per heavy atom. The molecule has 0 bridgehead atoms. The van der Waals surface area contributed by atoms with E-state index >= 15 is 0 Å². The highest BCUT2D eigenvalue weighted by atomic mass is 35.5. The van der Waals surface area contributed by atoms with Crippen molar-refractivity contribution < 1.29 is 0 Å². The molecule has 20 heavy (non-hydrogen) atoms. The monoisotopic (exact) mass is 324 g/mol. The summed E-state index contributed by atoms with van der Waals surface area (Å²) >= 11 is 17.1. The van der Waals surface area contributed by atoms with Crippen LogP contribution < -0.4 is 10.7 Å². The second kappa shape index (κ2) is 7.19. The molecule has 0 aliphatic rings. The van der Waals surface area contributed by atoms with Gasteiger partial charge in [0.15, 0.2) is 5.11 Å². The third-order valence-corrected chi connectivity index (χ3v) is 3.12. The number of anilines is 1. The third kappa shape index (κ3) is 4.16. The van der Waals surface area contributed by atoms with E-state index < -0.39 is 0 Å². The fourth-order valence-corrected chi connectivity index (χ4v) is 2.02. The molecule has 2 rings (SSSR count). The first kappa shape index (κ1) is 14.7. The van der Waals surface area contributed by atoms with Gasteiger partial charge >= 0.3 is 0 Å². The number of pyridine rings is 1. The molecule has 7 heteroatoms. The Bertz CT molecular complexity index is 611. The predicted octanol–water partition coefficient (Wildman–Crippen LogP) is 3.71. The van der Waals surface area contributed by atoms with E-state index in [0.717, 1.165) is 0 Å².